The average molecular weight is 358 g/mol. The summed E-state index contributed by atoms with van der Waals surface area (Å²) in [6, 6.07) is 8.54. The fourth-order valence-corrected chi connectivity index (χ4v) is 4.28. The highest BCUT2D eigenvalue weighted by molar-refractivity contribution is 7.16. The maximum atomic E-state index is 13.7. The standard InChI is InChI=1S/C18H19FN4OS/c1-12-21-23-17(24)10-14(20-18(23)25-12)11-22(15-6-2-3-7-15)16-8-4-5-13(19)9-16/h4-5,8-10,15H,2-3,6-7,11H2,1H3. The summed E-state index contributed by atoms with van der Waals surface area (Å²) in [4.78, 5) is 19.7. The van der Waals surface area contributed by atoms with Gasteiger partial charge in [0, 0.05) is 17.8 Å². The maximum Gasteiger partial charge on any atom is 0.275 e. The molecule has 2 aromatic heterocycles. The monoisotopic (exact) mass is 358 g/mol. The van der Waals surface area contributed by atoms with Crippen LogP contribution >= 0.6 is 11.3 Å². The smallest absolute Gasteiger partial charge is 0.275 e. The van der Waals surface area contributed by atoms with Gasteiger partial charge >= 0.3 is 0 Å². The minimum atomic E-state index is -0.248. The molecule has 1 saturated carbocycles. The summed E-state index contributed by atoms with van der Waals surface area (Å²) in [5, 5.41) is 4.98. The molecule has 0 atom stereocenters. The van der Waals surface area contributed by atoms with E-state index in [-0.39, 0.29) is 11.4 Å². The number of benzene rings is 1. The molecule has 130 valence electrons. The Kier molecular flexibility index (Phi) is 4.25. The van der Waals surface area contributed by atoms with E-state index in [4.69, 9.17) is 0 Å². The van der Waals surface area contributed by atoms with E-state index in [1.165, 1.54) is 40.8 Å². The Morgan fingerprint density at radius 1 is 1.32 bits per heavy atom. The van der Waals surface area contributed by atoms with Gasteiger partial charge in [0.1, 0.15) is 10.8 Å². The van der Waals surface area contributed by atoms with Gasteiger partial charge in [-0.3, -0.25) is 4.79 Å². The highest BCUT2D eigenvalue weighted by Gasteiger charge is 2.24. The summed E-state index contributed by atoms with van der Waals surface area (Å²) in [6.45, 7) is 2.35. The number of aromatic nitrogens is 3. The molecule has 5 nitrogen and oxygen atoms in total. The van der Waals surface area contributed by atoms with Crippen LogP contribution in [0.3, 0.4) is 0 Å². The van der Waals surface area contributed by atoms with Crippen LogP contribution in [0.2, 0.25) is 0 Å². The van der Waals surface area contributed by atoms with Crippen molar-refractivity contribution in [2.75, 3.05) is 4.90 Å². The maximum absolute atomic E-state index is 13.7. The third-order valence-corrected chi connectivity index (χ3v) is 5.46. The molecular formula is C18H19FN4OS. The van der Waals surface area contributed by atoms with Gasteiger partial charge in [-0.25, -0.2) is 9.37 Å². The van der Waals surface area contributed by atoms with Gasteiger partial charge < -0.3 is 4.90 Å². The zero-order valence-corrected chi connectivity index (χ0v) is 14.8. The second kappa shape index (κ2) is 6.55. The zero-order valence-electron chi connectivity index (χ0n) is 14.0. The van der Waals surface area contributed by atoms with Crippen LogP contribution in [0.5, 0.6) is 0 Å². The van der Waals surface area contributed by atoms with E-state index in [9.17, 15) is 9.18 Å². The van der Waals surface area contributed by atoms with E-state index in [0.29, 0.717) is 23.2 Å². The van der Waals surface area contributed by atoms with Crippen molar-refractivity contribution in [2.45, 2.75) is 45.2 Å². The van der Waals surface area contributed by atoms with Gasteiger partial charge in [0.15, 0.2) is 0 Å². The molecule has 1 aliphatic rings. The van der Waals surface area contributed by atoms with Crippen LogP contribution in [0.4, 0.5) is 10.1 Å². The van der Waals surface area contributed by atoms with Crippen LogP contribution in [0.1, 0.15) is 36.4 Å². The second-order valence-corrected chi connectivity index (χ2v) is 7.61. The van der Waals surface area contributed by atoms with Gasteiger partial charge in [-0.1, -0.05) is 30.2 Å². The van der Waals surface area contributed by atoms with Crippen molar-refractivity contribution in [3.8, 4) is 0 Å². The van der Waals surface area contributed by atoms with Gasteiger partial charge in [0.05, 0.1) is 12.2 Å². The number of hydrogen-bond acceptors (Lipinski definition) is 5. The van der Waals surface area contributed by atoms with Crippen molar-refractivity contribution >= 4 is 22.0 Å². The van der Waals surface area contributed by atoms with Crippen molar-refractivity contribution in [2.24, 2.45) is 0 Å². The fraction of sp³-hybridized carbons (Fsp3) is 0.389. The molecule has 0 aliphatic heterocycles. The van der Waals surface area contributed by atoms with Crippen molar-refractivity contribution in [1.82, 2.24) is 14.6 Å². The number of nitrogens with zero attached hydrogens (tertiary/aromatic N) is 4. The van der Waals surface area contributed by atoms with Crippen LogP contribution in [-0.4, -0.2) is 20.6 Å². The Hall–Kier alpha value is -2.28. The first-order valence-corrected chi connectivity index (χ1v) is 9.30. The Labute approximate surface area is 148 Å². The lowest BCUT2D eigenvalue weighted by Crippen LogP contribution is -2.33. The number of halogens is 1. The van der Waals surface area contributed by atoms with E-state index < -0.39 is 0 Å². The van der Waals surface area contributed by atoms with E-state index in [0.717, 1.165) is 23.5 Å². The quantitative estimate of drug-likeness (QED) is 0.716. The predicted molar refractivity (Wildman–Crippen MR) is 96.7 cm³/mol. The van der Waals surface area contributed by atoms with Crippen molar-refractivity contribution in [3.05, 3.63) is 57.2 Å². The minimum Gasteiger partial charge on any atom is -0.363 e. The van der Waals surface area contributed by atoms with Gasteiger partial charge in [0.25, 0.3) is 5.56 Å². The number of fused-ring (bicyclic) bond motifs is 1. The first-order chi connectivity index (χ1) is 12.1. The minimum absolute atomic E-state index is 0.171. The van der Waals surface area contributed by atoms with Crippen LogP contribution < -0.4 is 10.5 Å². The molecule has 1 aliphatic carbocycles. The Morgan fingerprint density at radius 2 is 2.12 bits per heavy atom. The second-order valence-electron chi connectivity index (χ2n) is 6.45. The fourth-order valence-electron chi connectivity index (χ4n) is 3.51. The van der Waals surface area contributed by atoms with Gasteiger partial charge in [0.2, 0.25) is 4.96 Å². The molecular weight excluding hydrogens is 339 g/mol. The zero-order chi connectivity index (χ0) is 17.4. The average Bonchev–Trinajstić information content (AvgIpc) is 3.22. The predicted octanol–water partition coefficient (Wildman–Crippen LogP) is 3.55. The SMILES string of the molecule is Cc1nn2c(=O)cc(CN(c3cccc(F)c3)C3CCCC3)nc2s1. The first-order valence-electron chi connectivity index (χ1n) is 8.49. The topological polar surface area (TPSA) is 50.5 Å². The van der Waals surface area contributed by atoms with Gasteiger partial charge in [-0.2, -0.15) is 9.61 Å². The van der Waals surface area contributed by atoms with Gasteiger partial charge in [-0.15, -0.1) is 0 Å². The lowest BCUT2D eigenvalue weighted by atomic mass is 10.1. The molecule has 0 bridgehead atoms. The molecule has 0 spiro atoms. The Morgan fingerprint density at radius 3 is 2.88 bits per heavy atom. The van der Waals surface area contributed by atoms with Crippen LogP contribution in [0.25, 0.3) is 4.96 Å². The molecule has 7 heteroatoms. The molecule has 0 N–H and O–H groups in total. The molecule has 0 unspecified atom stereocenters. The number of rotatable bonds is 4. The molecule has 0 amide bonds. The third-order valence-electron chi connectivity index (χ3n) is 4.64. The van der Waals surface area contributed by atoms with Crippen molar-refractivity contribution in [1.29, 1.82) is 0 Å². The summed E-state index contributed by atoms with van der Waals surface area (Å²) in [7, 11) is 0. The highest BCUT2D eigenvalue weighted by Crippen LogP contribution is 2.30. The van der Waals surface area contributed by atoms with Crippen molar-refractivity contribution < 1.29 is 4.39 Å². The Bertz CT molecular complexity index is 961. The van der Waals surface area contributed by atoms with Crippen molar-refractivity contribution in [3.63, 3.8) is 0 Å². The van der Waals surface area contributed by atoms with Crippen LogP contribution in [0, 0.1) is 12.7 Å². The summed E-state index contributed by atoms with van der Waals surface area (Å²) >= 11 is 1.40. The first kappa shape index (κ1) is 16.2. The molecule has 4 rings (SSSR count). The summed E-state index contributed by atoms with van der Waals surface area (Å²) in [5.41, 5.74) is 1.37. The Balaban J connectivity index is 1.72. The molecule has 25 heavy (non-hydrogen) atoms. The van der Waals surface area contributed by atoms with E-state index in [2.05, 4.69) is 15.0 Å². The number of aryl methyl sites for hydroxylation is 1. The summed E-state index contributed by atoms with van der Waals surface area (Å²) in [5.74, 6) is -0.248. The molecule has 0 radical (unpaired) electrons. The number of anilines is 1. The molecule has 1 fully saturated rings. The van der Waals surface area contributed by atoms with E-state index in [1.54, 1.807) is 12.1 Å². The molecule has 3 aromatic rings. The summed E-state index contributed by atoms with van der Waals surface area (Å²) < 4.78 is 15.1. The van der Waals surface area contributed by atoms with Crippen LogP contribution in [0.15, 0.2) is 35.1 Å². The summed E-state index contributed by atoms with van der Waals surface area (Å²) in [6.07, 6.45) is 4.52. The normalized spacial score (nSPS) is 15.1. The molecule has 0 saturated heterocycles. The van der Waals surface area contributed by atoms with Gasteiger partial charge in [-0.05, 0) is 38.0 Å². The lowest BCUT2D eigenvalue weighted by Gasteiger charge is -2.31. The highest BCUT2D eigenvalue weighted by atomic mass is 32.1. The third kappa shape index (κ3) is 3.28. The van der Waals surface area contributed by atoms with E-state index >= 15 is 0 Å². The lowest BCUT2D eigenvalue weighted by molar-refractivity contribution is 0.591. The van der Waals surface area contributed by atoms with Crippen LogP contribution in [-0.2, 0) is 6.54 Å². The molecule has 1 aromatic carbocycles. The largest absolute Gasteiger partial charge is 0.363 e. The molecule has 2 heterocycles. The van der Waals surface area contributed by atoms with E-state index in [1.807, 2.05) is 13.0 Å². The number of hydrogen-bond donors (Lipinski definition) is 0.